The first-order valence-corrected chi connectivity index (χ1v) is 6.98. The first-order valence-electron chi connectivity index (χ1n) is 6.98. The van der Waals surface area contributed by atoms with Crippen LogP contribution in [0, 0.1) is 17.1 Å². The summed E-state index contributed by atoms with van der Waals surface area (Å²) in [6.07, 6.45) is 0. The molecule has 112 valence electrons. The number of amides is 1. The van der Waals surface area contributed by atoms with Gasteiger partial charge in [0, 0.05) is 11.3 Å². The molecule has 2 aromatic rings. The number of quaternary nitrogens is 1. The second-order valence-electron chi connectivity index (χ2n) is 5.00. The van der Waals surface area contributed by atoms with Crippen molar-refractivity contribution in [1.29, 1.82) is 5.26 Å². The van der Waals surface area contributed by atoms with Gasteiger partial charge < -0.3 is 10.6 Å². The predicted molar refractivity (Wildman–Crippen MR) is 81.3 cm³/mol. The summed E-state index contributed by atoms with van der Waals surface area (Å²) in [4.78, 5) is 12.1. The molecule has 0 heterocycles. The molecule has 0 unspecified atom stereocenters. The predicted octanol–water partition coefficient (Wildman–Crippen LogP) is 1.79. The van der Waals surface area contributed by atoms with Crippen LogP contribution in [-0.4, -0.2) is 11.9 Å². The van der Waals surface area contributed by atoms with Crippen LogP contribution < -0.4 is 10.6 Å². The van der Waals surface area contributed by atoms with Crippen molar-refractivity contribution in [1.82, 2.24) is 0 Å². The Bertz CT molecular complexity index is 709. The van der Waals surface area contributed by atoms with Crippen LogP contribution in [0.2, 0.25) is 0 Å². The summed E-state index contributed by atoms with van der Waals surface area (Å²) in [7, 11) is 0. The van der Waals surface area contributed by atoms with Crippen LogP contribution in [0.4, 0.5) is 10.1 Å². The van der Waals surface area contributed by atoms with Crippen molar-refractivity contribution in [3.63, 3.8) is 0 Å². The molecule has 0 fully saturated rings. The molecule has 1 atom stereocenters. The summed E-state index contributed by atoms with van der Waals surface area (Å²) in [5.41, 5.74) is 1.63. The van der Waals surface area contributed by atoms with Crippen LogP contribution in [0.5, 0.6) is 0 Å². The van der Waals surface area contributed by atoms with E-state index in [1.54, 1.807) is 54.7 Å². The fraction of sp³-hybridized carbons (Fsp3) is 0.176. The molecule has 3 N–H and O–H groups in total. The Morgan fingerprint density at radius 1 is 1.32 bits per heavy atom. The smallest absolute Gasteiger partial charge is 0.282 e. The van der Waals surface area contributed by atoms with Crippen molar-refractivity contribution in [2.24, 2.45) is 0 Å². The highest BCUT2D eigenvalue weighted by molar-refractivity contribution is 5.93. The van der Waals surface area contributed by atoms with Crippen molar-refractivity contribution in [2.45, 2.75) is 19.5 Å². The van der Waals surface area contributed by atoms with E-state index in [2.05, 4.69) is 5.32 Å². The highest BCUT2D eigenvalue weighted by Gasteiger charge is 2.17. The summed E-state index contributed by atoms with van der Waals surface area (Å²) in [6.45, 7) is 2.14. The molecular formula is C17H17FN3O+. The molecule has 0 saturated heterocycles. The van der Waals surface area contributed by atoms with Gasteiger partial charge in [-0.3, -0.25) is 4.79 Å². The lowest BCUT2D eigenvalue weighted by atomic mass is 10.2. The van der Waals surface area contributed by atoms with Gasteiger partial charge in [-0.15, -0.1) is 0 Å². The van der Waals surface area contributed by atoms with Gasteiger partial charge in [0.1, 0.15) is 12.4 Å². The zero-order valence-corrected chi connectivity index (χ0v) is 12.2. The van der Waals surface area contributed by atoms with Gasteiger partial charge in [0.05, 0.1) is 11.6 Å². The average Bonchev–Trinajstić information content (AvgIpc) is 2.54. The third-order valence-corrected chi connectivity index (χ3v) is 3.32. The summed E-state index contributed by atoms with van der Waals surface area (Å²) < 4.78 is 13.5. The van der Waals surface area contributed by atoms with E-state index in [0.29, 0.717) is 23.4 Å². The number of carbonyl (C=O) groups is 1. The Morgan fingerprint density at radius 2 is 2.09 bits per heavy atom. The summed E-state index contributed by atoms with van der Waals surface area (Å²) in [5, 5.41) is 13.4. The number of benzene rings is 2. The largest absolute Gasteiger partial charge is 0.332 e. The van der Waals surface area contributed by atoms with Gasteiger partial charge in [-0.1, -0.05) is 24.3 Å². The summed E-state index contributed by atoms with van der Waals surface area (Å²) >= 11 is 0. The number of hydrogen-bond acceptors (Lipinski definition) is 2. The minimum Gasteiger partial charge on any atom is -0.332 e. The number of rotatable bonds is 5. The van der Waals surface area contributed by atoms with Gasteiger partial charge >= 0.3 is 0 Å². The number of anilines is 1. The Labute approximate surface area is 128 Å². The first kappa shape index (κ1) is 15.7. The summed E-state index contributed by atoms with van der Waals surface area (Å²) in [5.74, 6) is -0.459. The highest BCUT2D eigenvalue weighted by atomic mass is 19.1. The maximum atomic E-state index is 13.5. The van der Waals surface area contributed by atoms with Gasteiger partial charge in [-0.05, 0) is 31.2 Å². The molecular weight excluding hydrogens is 281 g/mol. The van der Waals surface area contributed by atoms with E-state index >= 15 is 0 Å². The van der Waals surface area contributed by atoms with Crippen molar-refractivity contribution in [3.8, 4) is 6.07 Å². The van der Waals surface area contributed by atoms with E-state index in [9.17, 15) is 9.18 Å². The number of hydrogen-bond donors (Lipinski definition) is 2. The maximum Gasteiger partial charge on any atom is 0.282 e. The molecule has 1 amide bonds. The number of carbonyl (C=O) groups excluding carboxylic acids is 1. The quantitative estimate of drug-likeness (QED) is 0.883. The lowest BCUT2D eigenvalue weighted by Gasteiger charge is -2.12. The number of halogens is 1. The molecule has 0 spiro atoms. The van der Waals surface area contributed by atoms with Crippen LogP contribution in [-0.2, 0) is 11.3 Å². The second-order valence-corrected chi connectivity index (χ2v) is 5.00. The van der Waals surface area contributed by atoms with Crippen molar-refractivity contribution < 1.29 is 14.5 Å². The van der Waals surface area contributed by atoms with Gasteiger partial charge in [-0.25, -0.2) is 4.39 Å². The van der Waals surface area contributed by atoms with E-state index in [1.807, 2.05) is 6.07 Å². The van der Waals surface area contributed by atoms with E-state index in [4.69, 9.17) is 5.26 Å². The molecule has 2 aromatic carbocycles. The van der Waals surface area contributed by atoms with Crippen LogP contribution >= 0.6 is 0 Å². The van der Waals surface area contributed by atoms with Crippen LogP contribution in [0.25, 0.3) is 0 Å². The van der Waals surface area contributed by atoms with E-state index in [-0.39, 0.29) is 17.8 Å². The molecule has 4 nitrogen and oxygen atoms in total. The highest BCUT2D eigenvalue weighted by Crippen LogP contribution is 2.09. The Balaban J connectivity index is 1.92. The number of nitrogens with zero attached hydrogens (tertiary/aromatic N) is 1. The Kier molecular flexibility index (Phi) is 5.23. The van der Waals surface area contributed by atoms with Crippen LogP contribution in [0.1, 0.15) is 18.1 Å². The lowest BCUT2D eigenvalue weighted by molar-refractivity contribution is -0.688. The molecule has 0 aliphatic rings. The number of nitriles is 1. The number of nitrogens with one attached hydrogen (secondary N) is 1. The van der Waals surface area contributed by atoms with Crippen LogP contribution in [0.3, 0.4) is 0 Å². The molecule has 0 saturated carbocycles. The van der Waals surface area contributed by atoms with Crippen LogP contribution in [0.15, 0.2) is 48.5 Å². The van der Waals surface area contributed by atoms with E-state index in [0.717, 1.165) is 0 Å². The van der Waals surface area contributed by atoms with E-state index in [1.165, 1.54) is 6.07 Å². The third-order valence-electron chi connectivity index (χ3n) is 3.32. The first-order chi connectivity index (χ1) is 10.6. The summed E-state index contributed by atoms with van der Waals surface area (Å²) in [6, 6.07) is 14.9. The Hall–Kier alpha value is -2.71. The monoisotopic (exact) mass is 298 g/mol. The van der Waals surface area contributed by atoms with Crippen molar-refractivity contribution in [2.75, 3.05) is 5.32 Å². The van der Waals surface area contributed by atoms with Gasteiger partial charge in [0.2, 0.25) is 0 Å². The molecule has 2 rings (SSSR count). The fourth-order valence-electron chi connectivity index (χ4n) is 2.00. The van der Waals surface area contributed by atoms with Crippen molar-refractivity contribution >= 4 is 11.6 Å². The Morgan fingerprint density at radius 3 is 2.82 bits per heavy atom. The zero-order chi connectivity index (χ0) is 15.9. The molecule has 0 aromatic heterocycles. The minimum absolute atomic E-state index is 0.188. The number of nitrogens with two attached hydrogens (primary N) is 1. The topological polar surface area (TPSA) is 69.5 Å². The van der Waals surface area contributed by atoms with Gasteiger partial charge in [0.15, 0.2) is 6.04 Å². The molecule has 0 bridgehead atoms. The molecule has 22 heavy (non-hydrogen) atoms. The second kappa shape index (κ2) is 7.34. The third kappa shape index (κ3) is 4.14. The van der Waals surface area contributed by atoms with Gasteiger partial charge in [-0.2, -0.15) is 5.26 Å². The minimum atomic E-state index is -0.370. The van der Waals surface area contributed by atoms with Crippen molar-refractivity contribution in [3.05, 3.63) is 65.5 Å². The zero-order valence-electron chi connectivity index (χ0n) is 12.2. The lowest BCUT2D eigenvalue weighted by Crippen LogP contribution is -2.90. The molecule has 0 aliphatic carbocycles. The fourth-order valence-corrected chi connectivity index (χ4v) is 2.00. The average molecular weight is 298 g/mol. The van der Waals surface area contributed by atoms with E-state index < -0.39 is 0 Å². The normalized spacial score (nSPS) is 11.5. The molecule has 0 radical (unpaired) electrons. The standard InChI is InChI=1S/C17H16FN3O/c1-12(20-11-14-6-2-3-8-16(14)18)17(22)21-15-7-4-5-13(9-15)10-19/h2-9,12,20H,11H2,1H3,(H,21,22)/p+1/t12-/m0/s1. The van der Waals surface area contributed by atoms with Gasteiger partial charge in [0.25, 0.3) is 5.91 Å². The maximum absolute atomic E-state index is 13.5. The molecule has 5 heteroatoms. The SMILES string of the molecule is C[C@H]([NH2+]Cc1ccccc1F)C(=O)Nc1cccc(C#N)c1. The molecule has 0 aliphatic heterocycles.